The van der Waals surface area contributed by atoms with E-state index in [0.717, 1.165) is 27.8 Å². The van der Waals surface area contributed by atoms with Gasteiger partial charge in [-0.3, -0.25) is 0 Å². The molecule has 238 valence electrons. The first-order valence-corrected chi connectivity index (χ1v) is 17.3. The molecule has 1 fully saturated rings. The number of nitrogens with zero attached hydrogens (tertiary/aromatic N) is 2. The Balaban J connectivity index is 1.37. The van der Waals surface area contributed by atoms with Crippen LogP contribution in [-0.4, -0.2) is 15.8 Å². The minimum Gasteiger partial charge on any atom is -0.427 e. The lowest BCUT2D eigenvalue weighted by atomic mass is 9.91. The van der Waals surface area contributed by atoms with E-state index in [0.29, 0.717) is 31.1 Å². The zero-order valence-corrected chi connectivity index (χ0v) is 28.2. The number of urea groups is 1. The molecule has 7 rings (SSSR count). The smallest absolute Gasteiger partial charge is 0.381 e. The number of hydrogen-bond donors (Lipinski definition) is 1. The maximum Gasteiger partial charge on any atom is 0.381 e. The van der Waals surface area contributed by atoms with Crippen molar-refractivity contribution in [1.82, 2.24) is 14.9 Å². The van der Waals surface area contributed by atoms with Crippen LogP contribution in [0.2, 0.25) is 0 Å². The van der Waals surface area contributed by atoms with Gasteiger partial charge in [0.25, 0.3) is 0 Å². The number of fused-ring (bicyclic) bond motifs is 5. The molecule has 5 aromatic rings. The number of rotatable bonds is 7. The van der Waals surface area contributed by atoms with Crippen LogP contribution >= 0.6 is 8.53 Å². The van der Waals surface area contributed by atoms with Gasteiger partial charge in [0, 0.05) is 30.8 Å². The molecule has 2 heterocycles. The molecule has 1 saturated heterocycles. The van der Waals surface area contributed by atoms with Gasteiger partial charge in [-0.25, -0.2) is 9.88 Å². The SMILES string of the molecule is Cc1cc(C)cc(CN2C(=O)N(Cc3cc(C)cc(C)c3)[C@@H]3c4ccccc4OP(NCc4ccccc4)Oc4ccccc4[C@H]32)c1. The van der Waals surface area contributed by atoms with E-state index in [4.69, 9.17) is 9.05 Å². The highest BCUT2D eigenvalue weighted by Crippen LogP contribution is 2.54. The van der Waals surface area contributed by atoms with Crippen molar-refractivity contribution in [2.24, 2.45) is 0 Å². The molecule has 2 amide bonds. The fraction of sp³-hybridized carbons (Fsp3) is 0.225. The first kappa shape index (κ1) is 31.0. The van der Waals surface area contributed by atoms with Crippen LogP contribution in [0.3, 0.4) is 0 Å². The lowest BCUT2D eigenvalue weighted by molar-refractivity contribution is 0.180. The van der Waals surface area contributed by atoms with E-state index >= 15 is 0 Å². The highest BCUT2D eigenvalue weighted by Gasteiger charge is 2.50. The molecule has 0 unspecified atom stereocenters. The molecule has 0 saturated carbocycles. The summed E-state index contributed by atoms with van der Waals surface area (Å²) in [6, 6.07) is 39.0. The van der Waals surface area contributed by atoms with Crippen molar-refractivity contribution in [2.45, 2.75) is 59.4 Å². The number of para-hydroxylation sites is 2. The summed E-state index contributed by atoms with van der Waals surface area (Å²) in [7, 11) is -1.57. The summed E-state index contributed by atoms with van der Waals surface area (Å²) in [4.78, 5) is 18.9. The van der Waals surface area contributed by atoms with E-state index < -0.39 is 8.53 Å². The van der Waals surface area contributed by atoms with Gasteiger partial charge in [-0.2, -0.15) is 0 Å². The highest BCUT2D eigenvalue weighted by molar-refractivity contribution is 7.45. The molecule has 0 aromatic heterocycles. The fourth-order valence-electron chi connectivity index (χ4n) is 7.10. The van der Waals surface area contributed by atoms with Crippen LogP contribution in [-0.2, 0) is 19.6 Å². The summed E-state index contributed by atoms with van der Waals surface area (Å²) in [6.07, 6.45) is 0. The molecule has 0 radical (unpaired) electrons. The van der Waals surface area contributed by atoms with Crippen LogP contribution in [0.4, 0.5) is 4.79 Å². The maximum absolute atomic E-state index is 14.8. The number of amides is 2. The average molecular weight is 642 g/mol. The van der Waals surface area contributed by atoms with Gasteiger partial charge in [-0.1, -0.05) is 125 Å². The Bertz CT molecular complexity index is 1760. The number of aryl methyl sites for hydroxylation is 4. The summed E-state index contributed by atoms with van der Waals surface area (Å²) in [5.74, 6) is 1.43. The molecule has 0 bridgehead atoms. The molecule has 0 spiro atoms. The number of nitrogens with one attached hydrogen (secondary N) is 1. The van der Waals surface area contributed by atoms with Gasteiger partial charge < -0.3 is 18.8 Å². The van der Waals surface area contributed by atoms with E-state index in [2.05, 4.69) is 93.4 Å². The van der Waals surface area contributed by atoms with Crippen molar-refractivity contribution in [2.75, 3.05) is 0 Å². The van der Waals surface area contributed by atoms with Gasteiger partial charge in [0.2, 0.25) is 0 Å². The zero-order valence-electron chi connectivity index (χ0n) is 27.3. The van der Waals surface area contributed by atoms with Crippen molar-refractivity contribution in [3.05, 3.63) is 165 Å². The molecule has 47 heavy (non-hydrogen) atoms. The van der Waals surface area contributed by atoms with E-state index in [-0.39, 0.29) is 18.1 Å². The Morgan fingerprint density at radius 2 is 1.00 bits per heavy atom. The number of carbonyl (C=O) groups is 1. The first-order valence-electron chi connectivity index (χ1n) is 16.2. The highest BCUT2D eigenvalue weighted by atomic mass is 31.2. The Hall–Kier alpha value is -4.64. The minimum absolute atomic E-state index is 0.00651. The van der Waals surface area contributed by atoms with E-state index in [1.54, 1.807) is 0 Å². The molecule has 1 N–H and O–H groups in total. The van der Waals surface area contributed by atoms with Crippen LogP contribution in [0, 0.1) is 27.7 Å². The van der Waals surface area contributed by atoms with Crippen LogP contribution in [0.25, 0.3) is 0 Å². The predicted molar refractivity (Wildman–Crippen MR) is 188 cm³/mol. The minimum atomic E-state index is -1.57. The summed E-state index contributed by atoms with van der Waals surface area (Å²) >= 11 is 0. The standard InChI is InChI=1S/C40H40N3O3P/c1-27-18-28(2)21-32(20-27)25-42-38-34-14-8-10-16-36(34)45-47(41-24-31-12-6-5-7-13-31)46-37-17-11-9-15-35(37)39(38)43(40(42)44)26-33-22-29(3)19-30(4)23-33/h5-23,38-39,41H,24-26H2,1-4H3/t38-,39-/m1/s1. The molecule has 2 aliphatic rings. The van der Waals surface area contributed by atoms with Gasteiger partial charge in [0.15, 0.2) is 0 Å². The number of hydrogen-bond acceptors (Lipinski definition) is 4. The van der Waals surface area contributed by atoms with Crippen LogP contribution < -0.4 is 14.1 Å². The molecular weight excluding hydrogens is 601 g/mol. The second-order valence-electron chi connectivity index (χ2n) is 12.8. The van der Waals surface area contributed by atoms with E-state index in [9.17, 15) is 4.79 Å². The van der Waals surface area contributed by atoms with Gasteiger partial charge in [-0.05, 0) is 56.5 Å². The molecular formula is C40H40N3O3P. The Labute approximate surface area is 278 Å². The number of benzene rings is 5. The summed E-state index contributed by atoms with van der Waals surface area (Å²) in [5, 5.41) is 3.54. The second-order valence-corrected chi connectivity index (χ2v) is 14.0. The topological polar surface area (TPSA) is 54.0 Å². The monoisotopic (exact) mass is 641 g/mol. The third-order valence-corrected chi connectivity index (χ3v) is 9.97. The molecule has 0 aliphatic carbocycles. The van der Waals surface area contributed by atoms with Crippen molar-refractivity contribution >= 4 is 14.6 Å². The first-order chi connectivity index (χ1) is 22.8. The zero-order chi connectivity index (χ0) is 32.5. The summed E-state index contributed by atoms with van der Waals surface area (Å²) in [6.45, 7) is 9.99. The van der Waals surface area contributed by atoms with E-state index in [1.807, 2.05) is 64.4 Å². The largest absolute Gasteiger partial charge is 0.427 e. The lowest BCUT2D eigenvalue weighted by Gasteiger charge is -2.30. The summed E-state index contributed by atoms with van der Waals surface area (Å²) < 4.78 is 13.5. The Kier molecular flexibility index (Phi) is 8.72. The van der Waals surface area contributed by atoms with Gasteiger partial charge in [0.1, 0.15) is 11.5 Å². The predicted octanol–water partition coefficient (Wildman–Crippen LogP) is 9.63. The lowest BCUT2D eigenvalue weighted by Crippen LogP contribution is -2.32. The number of carbonyl (C=O) groups excluding carboxylic acids is 1. The normalized spacial score (nSPS) is 17.5. The van der Waals surface area contributed by atoms with Crippen LogP contribution in [0.15, 0.2) is 115 Å². The molecule has 2 atom stereocenters. The molecule has 5 aromatic carbocycles. The molecule has 6 nitrogen and oxygen atoms in total. The second kappa shape index (κ2) is 13.2. The van der Waals surface area contributed by atoms with Crippen molar-refractivity contribution in [1.29, 1.82) is 0 Å². The molecule has 7 heteroatoms. The van der Waals surface area contributed by atoms with Gasteiger partial charge >= 0.3 is 14.6 Å². The van der Waals surface area contributed by atoms with Crippen molar-refractivity contribution < 1.29 is 13.8 Å². The van der Waals surface area contributed by atoms with Crippen molar-refractivity contribution in [3.8, 4) is 11.5 Å². The third kappa shape index (κ3) is 6.62. The van der Waals surface area contributed by atoms with Crippen molar-refractivity contribution in [3.63, 3.8) is 0 Å². The Morgan fingerprint density at radius 3 is 1.47 bits per heavy atom. The third-order valence-electron chi connectivity index (χ3n) is 8.82. The Morgan fingerprint density at radius 1 is 0.574 bits per heavy atom. The quantitative estimate of drug-likeness (QED) is 0.180. The fourth-order valence-corrected chi connectivity index (χ4v) is 8.26. The van der Waals surface area contributed by atoms with E-state index in [1.165, 1.54) is 22.3 Å². The molecule has 2 aliphatic heterocycles. The summed E-state index contributed by atoms with van der Waals surface area (Å²) in [5.41, 5.74) is 10.0. The maximum atomic E-state index is 14.8. The van der Waals surface area contributed by atoms with Crippen LogP contribution in [0.1, 0.15) is 62.2 Å². The van der Waals surface area contributed by atoms with Crippen LogP contribution in [0.5, 0.6) is 11.5 Å². The average Bonchev–Trinajstić information content (AvgIpc) is 3.32. The van der Waals surface area contributed by atoms with Gasteiger partial charge in [0.05, 0.1) is 12.1 Å². The van der Waals surface area contributed by atoms with Gasteiger partial charge in [-0.15, -0.1) is 0 Å².